The molecule has 1 saturated heterocycles. The number of nitrogens with zero attached hydrogens (tertiary/aromatic N) is 1. The first-order valence-corrected chi connectivity index (χ1v) is 8.84. The molecule has 33 heavy (non-hydrogen) atoms. The molecule has 1 aliphatic heterocycles. The quantitative estimate of drug-likeness (QED) is 0.231. The zero-order valence-corrected chi connectivity index (χ0v) is 16.7. The molecule has 0 aromatic heterocycles. The van der Waals surface area contributed by atoms with Gasteiger partial charge < -0.3 is 25.7 Å². The standard InChI is InChI=1S/C11H12F4N2.2C4H4O4/c12-8-2-1-3-9(6-8)17(11(13,14)15)10-4-5-16-7-10;2*5-3(6)1-2-4(7)8/h1-3,6,10,16H,4-5,7H2;2*1-2H,(H,5,6)(H,7,8)/b;2*2-1+. The average molecular weight is 480 g/mol. The van der Waals surface area contributed by atoms with E-state index in [-0.39, 0.29) is 12.2 Å². The van der Waals surface area contributed by atoms with Gasteiger partial charge in [0.2, 0.25) is 0 Å². The third-order valence-electron chi connectivity index (χ3n) is 3.50. The largest absolute Gasteiger partial charge is 0.485 e. The van der Waals surface area contributed by atoms with Gasteiger partial charge in [-0.05, 0) is 31.2 Å². The predicted molar refractivity (Wildman–Crippen MR) is 105 cm³/mol. The number of carbonyl (C=O) groups is 4. The number of carboxylic acid groups (broad SMARTS) is 4. The van der Waals surface area contributed by atoms with Crippen LogP contribution in [0.5, 0.6) is 0 Å². The van der Waals surface area contributed by atoms with Gasteiger partial charge in [-0.15, -0.1) is 0 Å². The van der Waals surface area contributed by atoms with E-state index >= 15 is 0 Å². The minimum Gasteiger partial charge on any atom is -0.478 e. The zero-order chi connectivity index (χ0) is 25.6. The molecule has 0 bridgehead atoms. The lowest BCUT2D eigenvalue weighted by atomic mass is 10.2. The second kappa shape index (κ2) is 14.2. The Morgan fingerprint density at radius 3 is 1.67 bits per heavy atom. The fourth-order valence-corrected chi connectivity index (χ4v) is 2.34. The second-order valence-electron chi connectivity index (χ2n) is 5.98. The Balaban J connectivity index is 0.000000539. The predicted octanol–water partition coefficient (Wildman–Crippen LogP) is 1.94. The van der Waals surface area contributed by atoms with Crippen molar-refractivity contribution in [3.8, 4) is 0 Å². The van der Waals surface area contributed by atoms with E-state index in [1.54, 1.807) is 0 Å². The highest BCUT2D eigenvalue weighted by Gasteiger charge is 2.43. The Morgan fingerprint density at radius 2 is 1.36 bits per heavy atom. The molecular weight excluding hydrogens is 460 g/mol. The molecule has 1 atom stereocenters. The number of nitrogens with one attached hydrogen (secondary N) is 1. The van der Waals surface area contributed by atoms with E-state index in [1.807, 2.05) is 0 Å². The topological polar surface area (TPSA) is 164 Å². The van der Waals surface area contributed by atoms with Gasteiger partial charge in [0, 0.05) is 36.5 Å². The van der Waals surface area contributed by atoms with E-state index in [1.165, 1.54) is 12.1 Å². The van der Waals surface area contributed by atoms with E-state index in [2.05, 4.69) is 5.32 Å². The lowest BCUT2D eigenvalue weighted by Crippen LogP contribution is -2.47. The SMILES string of the molecule is Fc1cccc(N(C2CCNC2)C(F)(F)F)c1.O=C(O)/C=C/C(=O)O.O=C(O)/C=C/C(=O)O. The van der Waals surface area contributed by atoms with Crippen molar-refractivity contribution < 1.29 is 57.2 Å². The summed E-state index contributed by atoms with van der Waals surface area (Å²) in [6, 6.07) is 3.93. The minimum atomic E-state index is -4.50. The van der Waals surface area contributed by atoms with Crippen LogP contribution in [0.25, 0.3) is 0 Å². The Hall–Kier alpha value is -3.94. The lowest BCUT2D eigenvalue weighted by Gasteiger charge is -2.32. The number of hydrogen-bond acceptors (Lipinski definition) is 6. The molecule has 1 aromatic rings. The summed E-state index contributed by atoms with van der Waals surface area (Å²) in [5.41, 5.74) is -0.147. The zero-order valence-electron chi connectivity index (χ0n) is 16.7. The van der Waals surface area contributed by atoms with Crippen LogP contribution in [0.3, 0.4) is 0 Å². The highest BCUT2D eigenvalue weighted by molar-refractivity contribution is 5.90. The Labute approximate surface area is 184 Å². The van der Waals surface area contributed by atoms with Gasteiger partial charge in [-0.2, -0.15) is 13.2 Å². The van der Waals surface area contributed by atoms with Crippen LogP contribution in [0.15, 0.2) is 48.6 Å². The molecule has 1 heterocycles. The molecule has 0 radical (unpaired) electrons. The molecule has 1 aliphatic rings. The lowest BCUT2D eigenvalue weighted by molar-refractivity contribution is -0.134. The maximum absolute atomic E-state index is 13.0. The maximum atomic E-state index is 13.0. The normalized spacial score (nSPS) is 15.2. The van der Waals surface area contributed by atoms with E-state index in [4.69, 9.17) is 20.4 Å². The molecule has 1 unspecified atom stereocenters. The van der Waals surface area contributed by atoms with Crippen LogP contribution in [-0.4, -0.2) is 69.7 Å². The van der Waals surface area contributed by atoms with Gasteiger partial charge in [0.05, 0.1) is 6.04 Å². The van der Waals surface area contributed by atoms with Crippen molar-refractivity contribution >= 4 is 29.6 Å². The van der Waals surface area contributed by atoms with Gasteiger partial charge in [0.15, 0.2) is 0 Å². The van der Waals surface area contributed by atoms with Crippen molar-refractivity contribution in [1.29, 1.82) is 0 Å². The van der Waals surface area contributed by atoms with Crippen LogP contribution < -0.4 is 10.2 Å². The van der Waals surface area contributed by atoms with Crippen molar-refractivity contribution in [2.75, 3.05) is 18.0 Å². The molecule has 0 spiro atoms. The van der Waals surface area contributed by atoms with Crippen LogP contribution in [0, 0.1) is 5.82 Å². The first-order chi connectivity index (χ1) is 15.2. The molecule has 0 amide bonds. The molecule has 14 heteroatoms. The van der Waals surface area contributed by atoms with Crippen molar-refractivity contribution in [1.82, 2.24) is 5.32 Å². The first kappa shape index (κ1) is 29.1. The molecule has 1 aromatic carbocycles. The molecular formula is C19H20F4N2O8. The van der Waals surface area contributed by atoms with Gasteiger partial charge in [0.25, 0.3) is 0 Å². The molecule has 10 nitrogen and oxygen atoms in total. The number of anilines is 1. The first-order valence-electron chi connectivity index (χ1n) is 8.84. The molecule has 2 rings (SSSR count). The number of rotatable bonds is 6. The number of halogens is 4. The Kier molecular flexibility index (Phi) is 12.5. The van der Waals surface area contributed by atoms with Gasteiger partial charge in [-0.25, -0.2) is 23.6 Å². The van der Waals surface area contributed by atoms with Crippen LogP contribution in [0.2, 0.25) is 0 Å². The molecule has 0 saturated carbocycles. The highest BCUT2D eigenvalue weighted by atomic mass is 19.4. The molecule has 5 N–H and O–H groups in total. The third-order valence-corrected chi connectivity index (χ3v) is 3.50. The van der Waals surface area contributed by atoms with E-state index in [9.17, 15) is 36.7 Å². The smallest absolute Gasteiger partial charge is 0.478 e. The summed E-state index contributed by atoms with van der Waals surface area (Å²) < 4.78 is 51.9. The number of alkyl halides is 3. The summed E-state index contributed by atoms with van der Waals surface area (Å²) in [6.45, 7) is 0.808. The average Bonchev–Trinajstić information content (AvgIpc) is 3.19. The van der Waals surface area contributed by atoms with Crippen LogP contribution in [-0.2, 0) is 19.2 Å². The van der Waals surface area contributed by atoms with Gasteiger partial charge in [-0.3, -0.25) is 4.90 Å². The summed E-state index contributed by atoms with van der Waals surface area (Å²) in [5, 5.41) is 34.1. The Bertz CT molecular complexity index is 815. The van der Waals surface area contributed by atoms with Crippen LogP contribution in [0.1, 0.15) is 6.42 Å². The number of hydrogen-bond donors (Lipinski definition) is 5. The van der Waals surface area contributed by atoms with Crippen LogP contribution in [0.4, 0.5) is 23.2 Å². The second-order valence-corrected chi connectivity index (χ2v) is 5.98. The number of carboxylic acids is 4. The third kappa shape index (κ3) is 13.9. The van der Waals surface area contributed by atoms with Crippen molar-refractivity contribution in [3.05, 3.63) is 54.4 Å². The van der Waals surface area contributed by atoms with Crippen molar-refractivity contribution in [2.24, 2.45) is 0 Å². The summed E-state index contributed by atoms with van der Waals surface area (Å²) in [7, 11) is 0. The van der Waals surface area contributed by atoms with Crippen molar-refractivity contribution in [3.63, 3.8) is 0 Å². The summed E-state index contributed by atoms with van der Waals surface area (Å²) in [6.07, 6.45) is -1.87. The fourth-order valence-electron chi connectivity index (χ4n) is 2.34. The van der Waals surface area contributed by atoms with Gasteiger partial charge >= 0.3 is 30.2 Å². The highest BCUT2D eigenvalue weighted by Crippen LogP contribution is 2.32. The Morgan fingerprint density at radius 1 is 0.909 bits per heavy atom. The maximum Gasteiger partial charge on any atom is 0.485 e. The molecule has 182 valence electrons. The van der Waals surface area contributed by atoms with E-state index in [0.29, 0.717) is 42.2 Å². The van der Waals surface area contributed by atoms with Gasteiger partial charge in [0.1, 0.15) is 5.82 Å². The van der Waals surface area contributed by atoms with E-state index < -0.39 is 42.0 Å². The van der Waals surface area contributed by atoms with E-state index in [0.717, 1.165) is 12.1 Å². The molecule has 1 fully saturated rings. The number of aliphatic carboxylic acids is 4. The fraction of sp³-hybridized carbons (Fsp3) is 0.263. The molecule has 0 aliphatic carbocycles. The van der Waals surface area contributed by atoms with Crippen molar-refractivity contribution in [2.45, 2.75) is 18.8 Å². The van der Waals surface area contributed by atoms with Crippen LogP contribution >= 0.6 is 0 Å². The summed E-state index contributed by atoms with van der Waals surface area (Å²) in [5.74, 6) is -5.69. The van der Waals surface area contributed by atoms with Gasteiger partial charge in [-0.1, -0.05) is 6.07 Å². The monoisotopic (exact) mass is 480 g/mol. The minimum absolute atomic E-state index is 0.147. The number of benzene rings is 1. The summed E-state index contributed by atoms with van der Waals surface area (Å²) in [4.78, 5) is 38.5. The summed E-state index contributed by atoms with van der Waals surface area (Å²) >= 11 is 0.